The molecule has 3 N–H and O–H groups in total. The maximum Gasteiger partial charge on any atom is 0.328 e. The number of nitrogens with one attached hydrogen (secondary N) is 1. The number of benzene rings is 1. The summed E-state index contributed by atoms with van der Waals surface area (Å²) in [4.78, 5) is 25.7. The standard InChI is InChI=1S/C18H22N2O3S/c1-4-11(2)16(18(22)23-3)20-17(21)13-8-7-12(19)10-14(13)15-6-5-9-24-15/h5-11,16H,4,19H2,1-3H3,(H,20,21)/t11?,16-/m0/s1. The first-order valence-electron chi connectivity index (χ1n) is 7.80. The molecule has 5 nitrogen and oxygen atoms in total. The van der Waals surface area contributed by atoms with Crippen molar-refractivity contribution in [3.8, 4) is 10.4 Å². The van der Waals surface area contributed by atoms with E-state index in [0.29, 0.717) is 11.3 Å². The van der Waals surface area contributed by atoms with E-state index in [4.69, 9.17) is 10.5 Å². The smallest absolute Gasteiger partial charge is 0.328 e. The van der Waals surface area contributed by atoms with Crippen LogP contribution in [-0.4, -0.2) is 25.0 Å². The molecule has 6 heteroatoms. The summed E-state index contributed by atoms with van der Waals surface area (Å²) >= 11 is 1.53. The van der Waals surface area contributed by atoms with E-state index in [-0.39, 0.29) is 11.8 Å². The molecule has 0 fully saturated rings. The van der Waals surface area contributed by atoms with Gasteiger partial charge in [0, 0.05) is 21.7 Å². The second-order valence-corrected chi connectivity index (χ2v) is 6.59. The van der Waals surface area contributed by atoms with E-state index in [0.717, 1.165) is 16.9 Å². The summed E-state index contributed by atoms with van der Waals surface area (Å²) in [7, 11) is 1.32. The van der Waals surface area contributed by atoms with Crippen LogP contribution >= 0.6 is 11.3 Å². The van der Waals surface area contributed by atoms with Gasteiger partial charge in [-0.3, -0.25) is 4.79 Å². The Morgan fingerprint density at radius 1 is 1.33 bits per heavy atom. The fourth-order valence-corrected chi connectivity index (χ4v) is 3.17. The van der Waals surface area contributed by atoms with E-state index >= 15 is 0 Å². The van der Waals surface area contributed by atoms with Crippen molar-refractivity contribution in [1.82, 2.24) is 5.32 Å². The molecule has 1 unspecified atom stereocenters. The summed E-state index contributed by atoms with van der Waals surface area (Å²) in [5.41, 5.74) is 7.71. The lowest BCUT2D eigenvalue weighted by molar-refractivity contribution is -0.144. The lowest BCUT2D eigenvalue weighted by Gasteiger charge is -2.22. The molecule has 0 aliphatic carbocycles. The van der Waals surface area contributed by atoms with Crippen LogP contribution in [-0.2, 0) is 9.53 Å². The van der Waals surface area contributed by atoms with Gasteiger partial charge in [0.1, 0.15) is 6.04 Å². The van der Waals surface area contributed by atoms with Crippen molar-refractivity contribution in [1.29, 1.82) is 0 Å². The number of thiophene rings is 1. The number of esters is 1. The van der Waals surface area contributed by atoms with Crippen molar-refractivity contribution in [3.63, 3.8) is 0 Å². The van der Waals surface area contributed by atoms with Crippen molar-refractivity contribution in [2.45, 2.75) is 26.3 Å². The molecule has 128 valence electrons. The van der Waals surface area contributed by atoms with Gasteiger partial charge in [0.05, 0.1) is 7.11 Å². The predicted molar refractivity (Wildman–Crippen MR) is 96.9 cm³/mol. The number of nitrogen functional groups attached to an aromatic ring is 1. The third kappa shape index (κ3) is 3.94. The highest BCUT2D eigenvalue weighted by Gasteiger charge is 2.28. The lowest BCUT2D eigenvalue weighted by atomic mass is 9.98. The Bertz CT molecular complexity index is 713. The monoisotopic (exact) mass is 346 g/mol. The number of anilines is 1. The molecule has 0 saturated heterocycles. The zero-order chi connectivity index (χ0) is 17.7. The molecule has 1 aromatic carbocycles. The van der Waals surface area contributed by atoms with E-state index in [1.165, 1.54) is 18.4 Å². The highest BCUT2D eigenvalue weighted by molar-refractivity contribution is 7.13. The summed E-state index contributed by atoms with van der Waals surface area (Å²) < 4.78 is 4.82. The van der Waals surface area contributed by atoms with Crippen LogP contribution in [0.1, 0.15) is 30.6 Å². The minimum atomic E-state index is -0.679. The van der Waals surface area contributed by atoms with Gasteiger partial charge in [-0.05, 0) is 35.6 Å². The van der Waals surface area contributed by atoms with E-state index < -0.39 is 12.0 Å². The number of carbonyl (C=O) groups is 2. The number of hydrogen-bond acceptors (Lipinski definition) is 5. The topological polar surface area (TPSA) is 81.4 Å². The average molecular weight is 346 g/mol. The molecule has 1 amide bonds. The lowest BCUT2D eigenvalue weighted by Crippen LogP contribution is -2.45. The van der Waals surface area contributed by atoms with Gasteiger partial charge in [0.15, 0.2) is 0 Å². The van der Waals surface area contributed by atoms with Crippen LogP contribution in [0.3, 0.4) is 0 Å². The number of carbonyl (C=O) groups excluding carboxylic acids is 2. The van der Waals surface area contributed by atoms with Crippen LogP contribution < -0.4 is 11.1 Å². The molecule has 0 aliphatic rings. The maximum atomic E-state index is 12.8. The normalized spacial score (nSPS) is 13.1. The summed E-state index contributed by atoms with van der Waals surface area (Å²) in [6, 6.07) is 8.31. The van der Waals surface area contributed by atoms with Crippen molar-refractivity contribution in [2.75, 3.05) is 12.8 Å². The maximum absolute atomic E-state index is 12.8. The first-order chi connectivity index (χ1) is 11.5. The quantitative estimate of drug-likeness (QED) is 0.621. The Morgan fingerprint density at radius 3 is 2.67 bits per heavy atom. The number of hydrogen-bond donors (Lipinski definition) is 2. The molecule has 2 aromatic rings. The van der Waals surface area contributed by atoms with E-state index in [1.807, 2.05) is 31.4 Å². The molecule has 0 spiro atoms. The van der Waals surface area contributed by atoms with Gasteiger partial charge in [-0.15, -0.1) is 11.3 Å². The summed E-state index contributed by atoms with van der Waals surface area (Å²) in [5, 5.41) is 4.75. The summed E-state index contributed by atoms with van der Waals surface area (Å²) in [6.07, 6.45) is 0.750. The predicted octanol–water partition coefficient (Wildman–Crippen LogP) is 3.31. The van der Waals surface area contributed by atoms with Gasteiger partial charge in [-0.25, -0.2) is 4.79 Å². The Labute approximate surface area is 145 Å². The summed E-state index contributed by atoms with van der Waals surface area (Å²) in [6.45, 7) is 3.87. The summed E-state index contributed by atoms with van der Waals surface area (Å²) in [5.74, 6) is -0.778. The number of nitrogens with two attached hydrogens (primary N) is 1. The van der Waals surface area contributed by atoms with Crippen LogP contribution in [0.5, 0.6) is 0 Å². The van der Waals surface area contributed by atoms with Crippen LogP contribution in [0.15, 0.2) is 35.7 Å². The molecule has 1 aromatic heterocycles. The van der Waals surface area contributed by atoms with Crippen LogP contribution in [0.2, 0.25) is 0 Å². The molecule has 24 heavy (non-hydrogen) atoms. The van der Waals surface area contributed by atoms with Gasteiger partial charge < -0.3 is 15.8 Å². The van der Waals surface area contributed by atoms with Crippen LogP contribution in [0.4, 0.5) is 5.69 Å². The van der Waals surface area contributed by atoms with Gasteiger partial charge in [0.25, 0.3) is 5.91 Å². The Hall–Kier alpha value is -2.34. The highest BCUT2D eigenvalue weighted by atomic mass is 32.1. The first-order valence-corrected chi connectivity index (χ1v) is 8.68. The van der Waals surface area contributed by atoms with Crippen LogP contribution in [0.25, 0.3) is 10.4 Å². The fourth-order valence-electron chi connectivity index (χ4n) is 2.41. The number of amides is 1. The largest absolute Gasteiger partial charge is 0.467 e. The SMILES string of the molecule is CCC(C)[C@H](NC(=O)c1ccc(N)cc1-c1cccs1)C(=O)OC. The zero-order valence-electron chi connectivity index (χ0n) is 14.0. The molecular formula is C18H22N2O3S. The molecule has 2 rings (SSSR count). The second kappa shape index (κ2) is 7.97. The number of rotatable bonds is 6. The Balaban J connectivity index is 2.34. The fraction of sp³-hybridized carbons (Fsp3) is 0.333. The Morgan fingerprint density at radius 2 is 2.08 bits per heavy atom. The van der Waals surface area contributed by atoms with Crippen molar-refractivity contribution in [3.05, 3.63) is 41.3 Å². The van der Waals surface area contributed by atoms with Crippen molar-refractivity contribution in [2.24, 2.45) is 5.92 Å². The van der Waals surface area contributed by atoms with Crippen molar-refractivity contribution < 1.29 is 14.3 Å². The average Bonchev–Trinajstić information content (AvgIpc) is 3.12. The van der Waals surface area contributed by atoms with Gasteiger partial charge in [-0.2, -0.15) is 0 Å². The first kappa shape index (κ1) is 18.0. The zero-order valence-corrected chi connectivity index (χ0v) is 14.9. The number of ether oxygens (including phenoxy) is 1. The Kier molecular flexibility index (Phi) is 5.98. The van der Waals surface area contributed by atoms with E-state index in [1.54, 1.807) is 18.2 Å². The van der Waals surface area contributed by atoms with Gasteiger partial charge >= 0.3 is 5.97 Å². The minimum Gasteiger partial charge on any atom is -0.467 e. The van der Waals surface area contributed by atoms with Gasteiger partial charge in [-0.1, -0.05) is 26.3 Å². The molecule has 0 saturated carbocycles. The molecule has 0 radical (unpaired) electrons. The molecular weight excluding hydrogens is 324 g/mol. The molecule has 1 heterocycles. The third-order valence-electron chi connectivity index (χ3n) is 4.03. The molecule has 0 bridgehead atoms. The third-order valence-corrected chi connectivity index (χ3v) is 4.93. The molecule has 0 aliphatic heterocycles. The van der Waals surface area contributed by atoms with E-state index in [2.05, 4.69) is 5.32 Å². The highest BCUT2D eigenvalue weighted by Crippen LogP contribution is 2.30. The molecule has 2 atom stereocenters. The van der Waals surface area contributed by atoms with E-state index in [9.17, 15) is 9.59 Å². The van der Waals surface area contributed by atoms with Gasteiger partial charge in [0.2, 0.25) is 0 Å². The van der Waals surface area contributed by atoms with Crippen LogP contribution in [0, 0.1) is 5.92 Å². The minimum absolute atomic E-state index is 0.0274. The second-order valence-electron chi connectivity index (χ2n) is 5.64. The number of methoxy groups -OCH3 is 1. The van der Waals surface area contributed by atoms with Crippen molar-refractivity contribution >= 4 is 28.9 Å².